The van der Waals surface area contributed by atoms with E-state index in [4.69, 9.17) is 0 Å². The number of carbonyl (C=O) groups excluding carboxylic acids is 1. The average molecular weight is 263 g/mol. The number of halogens is 3. The van der Waals surface area contributed by atoms with E-state index in [1.165, 1.54) is 6.20 Å². The van der Waals surface area contributed by atoms with Crippen LogP contribution < -0.4 is 0 Å². The zero-order valence-electron chi connectivity index (χ0n) is 9.09. The Morgan fingerprint density at radius 2 is 2.12 bits per heavy atom. The van der Waals surface area contributed by atoms with Gasteiger partial charge in [-0.3, -0.25) is 4.79 Å². The highest BCUT2D eigenvalue weighted by Gasteiger charge is 2.35. The van der Waals surface area contributed by atoms with Gasteiger partial charge in [0.15, 0.2) is 5.01 Å². The number of hydrogen-bond acceptors (Lipinski definition) is 3. The maximum absolute atomic E-state index is 12.4. The predicted octanol–water partition coefficient (Wildman–Crippen LogP) is 3.78. The van der Waals surface area contributed by atoms with Crippen LogP contribution in [0.25, 0.3) is 0 Å². The van der Waals surface area contributed by atoms with Gasteiger partial charge in [-0.05, 0) is 12.8 Å². The highest BCUT2D eigenvalue weighted by atomic mass is 32.1. The van der Waals surface area contributed by atoms with Crippen molar-refractivity contribution in [1.82, 2.24) is 4.98 Å². The lowest BCUT2D eigenvalue weighted by Gasteiger charge is -2.09. The second kappa shape index (κ2) is 4.76. The van der Waals surface area contributed by atoms with Gasteiger partial charge >= 0.3 is 6.18 Å². The number of ketones is 1. The molecule has 0 spiro atoms. The van der Waals surface area contributed by atoms with Gasteiger partial charge in [-0.15, -0.1) is 11.3 Å². The van der Waals surface area contributed by atoms with Gasteiger partial charge in [0.1, 0.15) is 5.78 Å². The van der Waals surface area contributed by atoms with E-state index in [-0.39, 0.29) is 11.7 Å². The van der Waals surface area contributed by atoms with Crippen molar-refractivity contribution in [3.63, 3.8) is 0 Å². The van der Waals surface area contributed by atoms with Crippen LogP contribution >= 0.6 is 11.3 Å². The first-order valence-corrected chi connectivity index (χ1v) is 6.33. The highest BCUT2D eigenvalue weighted by Crippen LogP contribution is 2.38. The van der Waals surface area contributed by atoms with Crippen LogP contribution in [0.1, 0.15) is 47.9 Å². The van der Waals surface area contributed by atoms with Crippen LogP contribution in [0.15, 0.2) is 6.20 Å². The molecule has 0 amide bonds. The molecule has 0 bridgehead atoms. The van der Waals surface area contributed by atoms with Crippen molar-refractivity contribution in [2.75, 3.05) is 0 Å². The molecule has 1 aliphatic carbocycles. The van der Waals surface area contributed by atoms with Gasteiger partial charge in [0.2, 0.25) is 0 Å². The molecule has 1 aliphatic rings. The maximum atomic E-state index is 12.4. The van der Waals surface area contributed by atoms with Gasteiger partial charge < -0.3 is 0 Å². The third-order valence-electron chi connectivity index (χ3n) is 2.90. The van der Waals surface area contributed by atoms with Gasteiger partial charge in [-0.2, -0.15) is 13.2 Å². The zero-order valence-corrected chi connectivity index (χ0v) is 9.90. The minimum atomic E-state index is -4.38. The molecule has 1 fully saturated rings. The van der Waals surface area contributed by atoms with E-state index in [0.29, 0.717) is 29.1 Å². The summed E-state index contributed by atoms with van der Waals surface area (Å²) >= 11 is 0.669. The number of rotatable bonds is 1. The molecular formula is C11H12F3NOS. The first-order chi connectivity index (χ1) is 7.97. The number of nitrogens with zero attached hydrogens (tertiary/aromatic N) is 1. The van der Waals surface area contributed by atoms with Gasteiger partial charge in [0.25, 0.3) is 0 Å². The van der Waals surface area contributed by atoms with E-state index in [1.54, 1.807) is 0 Å². The van der Waals surface area contributed by atoms with Crippen molar-refractivity contribution >= 4 is 17.1 Å². The van der Waals surface area contributed by atoms with E-state index in [2.05, 4.69) is 4.98 Å². The minimum absolute atomic E-state index is 0.0707. The van der Waals surface area contributed by atoms with E-state index < -0.39 is 11.2 Å². The number of carbonyl (C=O) groups is 1. The molecule has 17 heavy (non-hydrogen) atoms. The summed E-state index contributed by atoms with van der Waals surface area (Å²) in [5.41, 5.74) is 0. The summed E-state index contributed by atoms with van der Waals surface area (Å²) in [4.78, 5) is 15.4. The van der Waals surface area contributed by atoms with E-state index >= 15 is 0 Å². The first-order valence-electron chi connectivity index (χ1n) is 5.51. The van der Waals surface area contributed by atoms with Crippen LogP contribution in [0.3, 0.4) is 0 Å². The molecule has 2 rings (SSSR count). The molecule has 1 saturated carbocycles. The van der Waals surface area contributed by atoms with Gasteiger partial charge in [0, 0.05) is 29.8 Å². The summed E-state index contributed by atoms with van der Waals surface area (Å²) in [6, 6.07) is 0. The third kappa shape index (κ3) is 3.06. The van der Waals surface area contributed by atoms with Gasteiger partial charge in [-0.1, -0.05) is 6.42 Å². The molecule has 1 heterocycles. The molecular weight excluding hydrogens is 251 g/mol. The fourth-order valence-corrected chi connectivity index (χ4v) is 2.96. The van der Waals surface area contributed by atoms with Crippen molar-refractivity contribution in [3.8, 4) is 0 Å². The molecule has 0 aromatic carbocycles. The second-order valence-corrected chi connectivity index (χ2v) is 5.31. The summed E-state index contributed by atoms with van der Waals surface area (Å²) in [5.74, 6) is 0.0769. The van der Waals surface area contributed by atoms with E-state index in [9.17, 15) is 18.0 Å². The Morgan fingerprint density at radius 1 is 1.35 bits per heavy atom. The molecule has 0 radical (unpaired) electrons. The Kier molecular flexibility index (Phi) is 3.51. The Morgan fingerprint density at radius 3 is 2.76 bits per heavy atom. The molecule has 0 N–H and O–H groups in total. The van der Waals surface area contributed by atoms with Crippen molar-refractivity contribution in [2.45, 2.75) is 44.2 Å². The molecule has 94 valence electrons. The van der Waals surface area contributed by atoms with Crippen LogP contribution in [-0.4, -0.2) is 10.8 Å². The van der Waals surface area contributed by atoms with Crippen molar-refractivity contribution in [2.24, 2.45) is 0 Å². The lowest BCUT2D eigenvalue weighted by atomic mass is 9.99. The Hall–Kier alpha value is -0.910. The molecule has 1 aromatic heterocycles. The van der Waals surface area contributed by atoms with Crippen molar-refractivity contribution in [1.29, 1.82) is 0 Å². The molecule has 1 unspecified atom stereocenters. The summed E-state index contributed by atoms with van der Waals surface area (Å²) in [6.07, 6.45) is 0.344. The molecule has 1 aromatic rings. The fraction of sp³-hybridized carbons (Fsp3) is 0.636. The number of aromatic nitrogens is 1. The number of hydrogen-bond donors (Lipinski definition) is 0. The van der Waals surface area contributed by atoms with Crippen LogP contribution in [0, 0.1) is 0 Å². The van der Waals surface area contributed by atoms with Gasteiger partial charge in [0.05, 0.1) is 0 Å². The SMILES string of the molecule is O=C1CCCCC(c2cnc(C(F)(F)F)s2)C1. The third-order valence-corrected chi connectivity index (χ3v) is 4.11. The quantitative estimate of drug-likeness (QED) is 0.722. The van der Waals surface area contributed by atoms with Crippen LogP contribution in [0.2, 0.25) is 0 Å². The van der Waals surface area contributed by atoms with Crippen molar-refractivity contribution < 1.29 is 18.0 Å². The first kappa shape index (κ1) is 12.5. The predicted molar refractivity (Wildman–Crippen MR) is 57.9 cm³/mol. The molecule has 0 aliphatic heterocycles. The monoisotopic (exact) mass is 263 g/mol. The summed E-state index contributed by atoms with van der Waals surface area (Å²) in [6.45, 7) is 0. The number of alkyl halides is 3. The summed E-state index contributed by atoms with van der Waals surface area (Å²) in [7, 11) is 0. The topological polar surface area (TPSA) is 30.0 Å². The van der Waals surface area contributed by atoms with Crippen LogP contribution in [0.5, 0.6) is 0 Å². The van der Waals surface area contributed by atoms with Crippen LogP contribution in [-0.2, 0) is 11.0 Å². The standard InChI is InChI=1S/C11H12F3NOS/c12-11(13,14)10-15-6-9(17-10)7-3-1-2-4-8(16)5-7/h6-7H,1-5H2. The molecule has 2 nitrogen and oxygen atoms in total. The van der Waals surface area contributed by atoms with Crippen molar-refractivity contribution in [3.05, 3.63) is 16.1 Å². The average Bonchev–Trinajstić information content (AvgIpc) is 2.63. The molecule has 1 atom stereocenters. The number of Topliss-reactive ketones (excluding diaryl/α,β-unsaturated/α-hetero) is 1. The molecule has 6 heteroatoms. The lowest BCUT2D eigenvalue weighted by molar-refractivity contribution is -0.137. The van der Waals surface area contributed by atoms with Crippen LogP contribution in [0.4, 0.5) is 13.2 Å². The Balaban J connectivity index is 2.16. The van der Waals surface area contributed by atoms with E-state index in [1.807, 2.05) is 0 Å². The van der Waals surface area contributed by atoms with Gasteiger partial charge in [-0.25, -0.2) is 4.98 Å². The highest BCUT2D eigenvalue weighted by molar-refractivity contribution is 7.11. The van der Waals surface area contributed by atoms with E-state index in [0.717, 1.165) is 19.3 Å². The fourth-order valence-electron chi connectivity index (χ4n) is 2.04. The maximum Gasteiger partial charge on any atom is 0.443 e. The Bertz CT molecular complexity index is 413. The zero-order chi connectivity index (χ0) is 12.5. The summed E-state index contributed by atoms with van der Waals surface area (Å²) < 4.78 is 37.2. The smallest absolute Gasteiger partial charge is 0.300 e. The number of thiazole rings is 1. The largest absolute Gasteiger partial charge is 0.443 e. The normalized spacial score (nSPS) is 22.5. The summed E-state index contributed by atoms with van der Waals surface area (Å²) in [5, 5.41) is -0.816. The second-order valence-electron chi connectivity index (χ2n) is 4.25. The Labute approximate surface area is 101 Å². The lowest BCUT2D eigenvalue weighted by Crippen LogP contribution is -2.03. The molecule has 0 saturated heterocycles. The minimum Gasteiger partial charge on any atom is -0.300 e.